The van der Waals surface area contributed by atoms with Gasteiger partial charge in [0.05, 0.1) is 0 Å². The summed E-state index contributed by atoms with van der Waals surface area (Å²) in [5.74, 6) is 0.307. The van der Waals surface area contributed by atoms with Crippen molar-refractivity contribution in [1.82, 2.24) is 9.80 Å². The molecule has 0 heterocycles. The second-order valence-electron chi connectivity index (χ2n) is 8.32. The molecule has 0 fully saturated rings. The van der Waals surface area contributed by atoms with Gasteiger partial charge in [0.2, 0.25) is 5.91 Å². The van der Waals surface area contributed by atoms with Crippen LogP contribution < -0.4 is 0 Å². The molecule has 0 N–H and O–H groups in total. The van der Waals surface area contributed by atoms with E-state index in [4.69, 9.17) is 0 Å². The summed E-state index contributed by atoms with van der Waals surface area (Å²) in [4.78, 5) is 16.0. The Morgan fingerprint density at radius 3 is 1.35 bits per heavy atom. The van der Waals surface area contributed by atoms with Gasteiger partial charge >= 0.3 is 0 Å². The van der Waals surface area contributed by atoms with Crippen molar-refractivity contribution in [2.24, 2.45) is 0 Å². The van der Waals surface area contributed by atoms with Crippen LogP contribution in [-0.4, -0.2) is 49.9 Å². The van der Waals surface area contributed by atoms with E-state index in [9.17, 15) is 4.79 Å². The Balaban J connectivity index is 3.23. The van der Waals surface area contributed by atoms with Crippen LogP contribution in [0.3, 0.4) is 0 Å². The van der Waals surface area contributed by atoms with Crippen LogP contribution in [0.5, 0.6) is 0 Å². The minimum absolute atomic E-state index is 0.307. The molecule has 0 aromatic heterocycles. The Hall–Kier alpha value is -0.570. The van der Waals surface area contributed by atoms with Gasteiger partial charge in [0, 0.05) is 26.6 Å². The summed E-state index contributed by atoms with van der Waals surface area (Å²) in [6.07, 6.45) is 21.3. The molecule has 3 nitrogen and oxygen atoms in total. The summed E-state index contributed by atoms with van der Waals surface area (Å²) < 4.78 is 0. The molecular weight excluding hydrogens is 320 g/mol. The fourth-order valence-corrected chi connectivity index (χ4v) is 3.31. The largest absolute Gasteiger partial charge is 0.344 e. The molecule has 0 aliphatic rings. The molecule has 0 aliphatic carbocycles. The van der Waals surface area contributed by atoms with Crippen LogP contribution in [0, 0.1) is 0 Å². The van der Waals surface area contributed by atoms with Gasteiger partial charge in [-0.05, 0) is 20.5 Å². The van der Waals surface area contributed by atoms with Gasteiger partial charge in [-0.15, -0.1) is 0 Å². The first-order valence-electron chi connectivity index (χ1n) is 11.5. The fourth-order valence-electron chi connectivity index (χ4n) is 3.31. The average Bonchev–Trinajstić information content (AvgIpc) is 2.62. The first-order chi connectivity index (χ1) is 12.6. The van der Waals surface area contributed by atoms with Crippen molar-refractivity contribution >= 4 is 5.91 Å². The van der Waals surface area contributed by atoms with Gasteiger partial charge < -0.3 is 9.80 Å². The number of rotatable bonds is 19. The van der Waals surface area contributed by atoms with E-state index in [1.54, 1.807) is 0 Å². The zero-order chi connectivity index (χ0) is 19.5. The van der Waals surface area contributed by atoms with Gasteiger partial charge in [0.15, 0.2) is 0 Å². The zero-order valence-corrected chi connectivity index (χ0v) is 18.5. The highest BCUT2D eigenvalue weighted by molar-refractivity contribution is 5.75. The average molecular weight is 369 g/mol. The Morgan fingerprint density at radius 2 is 0.962 bits per heavy atom. The lowest BCUT2D eigenvalue weighted by Gasteiger charge is -2.19. The molecular formula is C23H48N2O. The summed E-state index contributed by atoms with van der Waals surface area (Å²) in [6.45, 7) is 4.07. The van der Waals surface area contributed by atoms with Crippen LogP contribution in [-0.2, 0) is 4.79 Å². The second kappa shape index (κ2) is 19.2. The SMILES string of the molecule is CCCCCCCCCCCCCCCCCC(=O)N(C)CCN(C)C. The predicted octanol–water partition coefficient (Wildman–Crippen LogP) is 6.27. The zero-order valence-electron chi connectivity index (χ0n) is 18.5. The molecule has 0 spiro atoms. The van der Waals surface area contributed by atoms with Crippen LogP contribution in [0.25, 0.3) is 0 Å². The van der Waals surface area contributed by atoms with Gasteiger partial charge in [-0.3, -0.25) is 4.79 Å². The number of carbonyl (C=O) groups is 1. The van der Waals surface area contributed by atoms with Gasteiger partial charge in [-0.1, -0.05) is 96.8 Å². The minimum atomic E-state index is 0.307. The third-order valence-corrected chi connectivity index (χ3v) is 5.30. The van der Waals surface area contributed by atoms with Crippen molar-refractivity contribution in [3.63, 3.8) is 0 Å². The van der Waals surface area contributed by atoms with E-state index in [0.29, 0.717) is 5.91 Å². The molecule has 0 bridgehead atoms. The molecule has 0 aliphatic heterocycles. The predicted molar refractivity (Wildman–Crippen MR) is 116 cm³/mol. The van der Waals surface area contributed by atoms with E-state index in [-0.39, 0.29) is 0 Å². The van der Waals surface area contributed by atoms with Crippen LogP contribution in [0.15, 0.2) is 0 Å². The molecule has 0 unspecified atom stereocenters. The van der Waals surface area contributed by atoms with Crippen molar-refractivity contribution in [1.29, 1.82) is 0 Å². The van der Waals surface area contributed by atoms with E-state index in [2.05, 4.69) is 11.8 Å². The first-order valence-corrected chi connectivity index (χ1v) is 11.5. The summed E-state index contributed by atoms with van der Waals surface area (Å²) in [7, 11) is 6.02. The maximum atomic E-state index is 12.0. The van der Waals surface area contributed by atoms with Gasteiger partial charge in [-0.2, -0.15) is 0 Å². The Bertz CT molecular complexity index is 305. The Morgan fingerprint density at radius 1 is 0.577 bits per heavy atom. The number of nitrogens with zero attached hydrogens (tertiary/aromatic N) is 2. The van der Waals surface area contributed by atoms with Crippen LogP contribution in [0.1, 0.15) is 110 Å². The van der Waals surface area contributed by atoms with E-state index in [1.807, 2.05) is 26.0 Å². The summed E-state index contributed by atoms with van der Waals surface area (Å²) >= 11 is 0. The maximum absolute atomic E-state index is 12.0. The lowest BCUT2D eigenvalue weighted by molar-refractivity contribution is -0.130. The van der Waals surface area contributed by atoms with Gasteiger partial charge in [0.25, 0.3) is 0 Å². The number of carbonyl (C=O) groups excluding carboxylic acids is 1. The molecule has 1 amide bonds. The van der Waals surface area contributed by atoms with E-state index in [1.165, 1.54) is 89.9 Å². The minimum Gasteiger partial charge on any atom is -0.344 e. The van der Waals surface area contributed by atoms with Crippen molar-refractivity contribution in [3.05, 3.63) is 0 Å². The lowest BCUT2D eigenvalue weighted by Crippen LogP contribution is -2.33. The second-order valence-corrected chi connectivity index (χ2v) is 8.32. The normalized spacial score (nSPS) is 11.3. The number of hydrogen-bond donors (Lipinski definition) is 0. The number of unbranched alkanes of at least 4 members (excludes halogenated alkanes) is 14. The van der Waals surface area contributed by atoms with Gasteiger partial charge in [0.1, 0.15) is 0 Å². The van der Waals surface area contributed by atoms with Crippen molar-refractivity contribution in [2.75, 3.05) is 34.2 Å². The molecule has 156 valence electrons. The molecule has 0 rings (SSSR count). The van der Waals surface area contributed by atoms with Crippen LogP contribution in [0.4, 0.5) is 0 Å². The monoisotopic (exact) mass is 368 g/mol. The highest BCUT2D eigenvalue weighted by atomic mass is 16.2. The van der Waals surface area contributed by atoms with E-state index < -0.39 is 0 Å². The fraction of sp³-hybridized carbons (Fsp3) is 0.957. The molecule has 0 saturated heterocycles. The molecule has 0 saturated carbocycles. The van der Waals surface area contributed by atoms with Crippen molar-refractivity contribution < 1.29 is 4.79 Å². The van der Waals surface area contributed by atoms with Crippen molar-refractivity contribution in [2.45, 2.75) is 110 Å². The lowest BCUT2D eigenvalue weighted by atomic mass is 10.0. The summed E-state index contributed by atoms with van der Waals surface area (Å²) in [5, 5.41) is 0. The molecule has 26 heavy (non-hydrogen) atoms. The molecule has 0 radical (unpaired) electrons. The first kappa shape index (κ1) is 25.4. The highest BCUT2D eigenvalue weighted by Gasteiger charge is 2.07. The molecule has 0 aromatic rings. The van der Waals surface area contributed by atoms with Crippen molar-refractivity contribution in [3.8, 4) is 0 Å². The van der Waals surface area contributed by atoms with Crippen LogP contribution in [0.2, 0.25) is 0 Å². The Labute approximate surface area is 164 Å². The standard InChI is InChI=1S/C23H48N2O/c1-5-6-7-8-9-10-11-12-13-14-15-16-17-18-19-20-23(26)25(4)22-21-24(2)3/h5-22H2,1-4H3. The van der Waals surface area contributed by atoms with E-state index in [0.717, 1.165) is 25.9 Å². The van der Waals surface area contributed by atoms with Gasteiger partial charge in [-0.25, -0.2) is 0 Å². The smallest absolute Gasteiger partial charge is 0.222 e. The summed E-state index contributed by atoms with van der Waals surface area (Å²) in [5.41, 5.74) is 0. The summed E-state index contributed by atoms with van der Waals surface area (Å²) in [6, 6.07) is 0. The molecule has 0 aromatic carbocycles. The third kappa shape index (κ3) is 18.2. The molecule has 0 atom stereocenters. The number of hydrogen-bond acceptors (Lipinski definition) is 2. The van der Waals surface area contributed by atoms with Crippen LogP contribution >= 0.6 is 0 Å². The number of amides is 1. The highest BCUT2D eigenvalue weighted by Crippen LogP contribution is 2.13. The van der Waals surface area contributed by atoms with E-state index >= 15 is 0 Å². The Kier molecular flexibility index (Phi) is 18.8. The molecule has 3 heteroatoms. The topological polar surface area (TPSA) is 23.6 Å². The maximum Gasteiger partial charge on any atom is 0.222 e. The third-order valence-electron chi connectivity index (χ3n) is 5.30. The number of likely N-dealkylation sites (N-methyl/N-ethyl adjacent to an activating group) is 2. The quantitative estimate of drug-likeness (QED) is 0.251.